The summed E-state index contributed by atoms with van der Waals surface area (Å²) in [5.74, 6) is 2.20. The summed E-state index contributed by atoms with van der Waals surface area (Å²) in [6, 6.07) is 0.229. The third kappa shape index (κ3) is 4.80. The highest BCUT2D eigenvalue weighted by atomic mass is 16.5. The molecule has 1 aliphatic rings. The Morgan fingerprint density at radius 2 is 2.14 bits per heavy atom. The summed E-state index contributed by atoms with van der Waals surface area (Å²) in [4.78, 5) is 18.5. The van der Waals surface area contributed by atoms with Gasteiger partial charge in [0.1, 0.15) is 0 Å². The first-order valence-corrected chi connectivity index (χ1v) is 8.45. The highest BCUT2D eigenvalue weighted by molar-refractivity contribution is 5.76. The van der Waals surface area contributed by atoms with Gasteiger partial charge in [-0.3, -0.25) is 4.79 Å². The largest absolute Gasteiger partial charge is 0.343 e. The van der Waals surface area contributed by atoms with Crippen molar-refractivity contribution in [3.05, 3.63) is 11.7 Å². The first-order chi connectivity index (χ1) is 10.6. The number of carbonyl (C=O) groups is 1. The molecule has 1 unspecified atom stereocenters. The van der Waals surface area contributed by atoms with E-state index in [2.05, 4.69) is 24.0 Å². The molecule has 1 atom stereocenters. The van der Waals surface area contributed by atoms with Crippen LogP contribution in [0.3, 0.4) is 0 Å². The van der Waals surface area contributed by atoms with E-state index in [0.29, 0.717) is 24.7 Å². The third-order valence-electron chi connectivity index (χ3n) is 4.40. The number of likely N-dealkylation sites (tertiary alicyclic amines) is 1. The van der Waals surface area contributed by atoms with E-state index >= 15 is 0 Å². The summed E-state index contributed by atoms with van der Waals surface area (Å²) in [6.45, 7) is 5.82. The normalized spacial score (nSPS) is 17.7. The fourth-order valence-electron chi connectivity index (χ4n) is 2.94. The van der Waals surface area contributed by atoms with Gasteiger partial charge in [0.05, 0.1) is 0 Å². The quantitative estimate of drug-likeness (QED) is 0.832. The maximum Gasteiger partial charge on any atom is 0.226 e. The van der Waals surface area contributed by atoms with Crippen molar-refractivity contribution in [2.24, 2.45) is 11.7 Å². The lowest BCUT2D eigenvalue weighted by Gasteiger charge is -2.33. The minimum Gasteiger partial charge on any atom is -0.343 e. The van der Waals surface area contributed by atoms with Crippen LogP contribution in [0.15, 0.2) is 4.52 Å². The monoisotopic (exact) mass is 308 g/mol. The number of carbonyl (C=O) groups excluding carboxylic acids is 1. The van der Waals surface area contributed by atoms with Gasteiger partial charge in [0.15, 0.2) is 5.82 Å². The number of nitrogens with two attached hydrogens (primary N) is 1. The second kappa shape index (κ2) is 8.27. The number of rotatable bonds is 7. The van der Waals surface area contributed by atoms with Gasteiger partial charge >= 0.3 is 0 Å². The molecule has 0 saturated carbocycles. The molecule has 0 aromatic carbocycles. The molecule has 1 amide bonds. The van der Waals surface area contributed by atoms with E-state index in [-0.39, 0.29) is 11.9 Å². The van der Waals surface area contributed by atoms with Crippen molar-refractivity contribution in [1.82, 2.24) is 15.0 Å². The molecule has 2 heterocycles. The summed E-state index contributed by atoms with van der Waals surface area (Å²) >= 11 is 0. The molecule has 0 radical (unpaired) electrons. The summed E-state index contributed by atoms with van der Waals surface area (Å²) < 4.78 is 5.18. The molecule has 6 nitrogen and oxygen atoms in total. The zero-order valence-corrected chi connectivity index (χ0v) is 13.8. The molecule has 0 aliphatic carbocycles. The number of hydrogen-bond acceptors (Lipinski definition) is 5. The lowest BCUT2D eigenvalue weighted by molar-refractivity contribution is -0.132. The molecule has 0 bridgehead atoms. The Bertz CT molecular complexity index is 464. The number of hydrogen-bond donors (Lipinski definition) is 1. The van der Waals surface area contributed by atoms with Crippen molar-refractivity contribution in [2.75, 3.05) is 13.1 Å². The highest BCUT2D eigenvalue weighted by Gasteiger charge is 2.24. The van der Waals surface area contributed by atoms with Gasteiger partial charge < -0.3 is 15.2 Å². The highest BCUT2D eigenvalue weighted by Crippen LogP contribution is 2.20. The fraction of sp³-hybridized carbons (Fsp3) is 0.812. The molecular formula is C16H28N4O2. The van der Waals surface area contributed by atoms with Gasteiger partial charge in [0.25, 0.3) is 0 Å². The molecular weight excluding hydrogens is 280 g/mol. The fourth-order valence-corrected chi connectivity index (χ4v) is 2.94. The van der Waals surface area contributed by atoms with Crippen molar-refractivity contribution >= 4 is 5.91 Å². The molecule has 1 aromatic rings. The second-order valence-electron chi connectivity index (χ2n) is 6.29. The van der Waals surface area contributed by atoms with Crippen molar-refractivity contribution in [1.29, 1.82) is 0 Å². The smallest absolute Gasteiger partial charge is 0.226 e. The molecule has 6 heteroatoms. The topological polar surface area (TPSA) is 85.2 Å². The number of nitrogens with zero attached hydrogens (tertiary/aromatic N) is 3. The molecule has 1 saturated heterocycles. The standard InChI is InChI=1S/C16H28N4O2/c1-3-5-14-18-15(22-19-14)6-4-7-16(21)20-10-8-13(9-11-20)12(2)17/h12-13H,3-11,17H2,1-2H3. The maximum absolute atomic E-state index is 12.2. The van der Waals surface area contributed by atoms with Crippen LogP contribution in [0.4, 0.5) is 0 Å². The van der Waals surface area contributed by atoms with Crippen LogP contribution >= 0.6 is 0 Å². The number of aromatic nitrogens is 2. The minimum absolute atomic E-state index is 0.229. The molecule has 0 spiro atoms. The summed E-state index contributed by atoms with van der Waals surface area (Å²) in [6.07, 6.45) is 5.89. The first-order valence-electron chi connectivity index (χ1n) is 8.45. The Morgan fingerprint density at radius 1 is 1.41 bits per heavy atom. The third-order valence-corrected chi connectivity index (χ3v) is 4.40. The van der Waals surface area contributed by atoms with Crippen LogP contribution in [0.1, 0.15) is 57.7 Å². The summed E-state index contributed by atoms with van der Waals surface area (Å²) in [5.41, 5.74) is 5.93. The molecule has 1 aromatic heterocycles. The van der Waals surface area contributed by atoms with Crippen molar-refractivity contribution < 1.29 is 9.32 Å². The Kier molecular flexibility index (Phi) is 6.36. The zero-order valence-electron chi connectivity index (χ0n) is 13.8. The lowest BCUT2D eigenvalue weighted by atomic mass is 9.91. The number of aryl methyl sites for hydroxylation is 2. The van der Waals surface area contributed by atoms with E-state index in [0.717, 1.165) is 51.0 Å². The Morgan fingerprint density at radius 3 is 2.77 bits per heavy atom. The molecule has 1 fully saturated rings. The molecule has 22 heavy (non-hydrogen) atoms. The molecule has 124 valence electrons. The van der Waals surface area contributed by atoms with Crippen molar-refractivity contribution in [3.8, 4) is 0 Å². The predicted molar refractivity (Wildman–Crippen MR) is 84.2 cm³/mol. The minimum atomic E-state index is 0.229. The SMILES string of the molecule is CCCc1noc(CCCC(=O)N2CCC(C(C)N)CC2)n1. The van der Waals surface area contributed by atoms with Gasteiger partial charge in [0, 0.05) is 38.4 Å². The number of piperidine rings is 1. The first kappa shape index (κ1) is 16.9. The lowest BCUT2D eigenvalue weighted by Crippen LogP contribution is -2.42. The van der Waals surface area contributed by atoms with Crippen LogP contribution in [0, 0.1) is 5.92 Å². The summed E-state index contributed by atoms with van der Waals surface area (Å²) in [5, 5.41) is 3.93. The van der Waals surface area contributed by atoms with Gasteiger partial charge in [-0.1, -0.05) is 12.1 Å². The maximum atomic E-state index is 12.2. The van der Waals surface area contributed by atoms with E-state index in [1.807, 2.05) is 4.90 Å². The van der Waals surface area contributed by atoms with Gasteiger partial charge in [0.2, 0.25) is 11.8 Å². The summed E-state index contributed by atoms with van der Waals surface area (Å²) in [7, 11) is 0. The number of amides is 1. The van der Waals surface area contributed by atoms with Crippen LogP contribution < -0.4 is 5.73 Å². The molecule has 2 N–H and O–H groups in total. The van der Waals surface area contributed by atoms with Gasteiger partial charge in [-0.2, -0.15) is 4.98 Å². The van der Waals surface area contributed by atoms with Crippen LogP contribution in [-0.2, 0) is 17.6 Å². The van der Waals surface area contributed by atoms with Crippen LogP contribution in [0.5, 0.6) is 0 Å². The second-order valence-corrected chi connectivity index (χ2v) is 6.29. The van der Waals surface area contributed by atoms with E-state index < -0.39 is 0 Å². The Balaban J connectivity index is 1.67. The van der Waals surface area contributed by atoms with Crippen LogP contribution in [-0.4, -0.2) is 40.1 Å². The van der Waals surface area contributed by atoms with E-state index in [9.17, 15) is 4.79 Å². The van der Waals surface area contributed by atoms with E-state index in [1.165, 1.54) is 0 Å². The average Bonchev–Trinajstić information content (AvgIpc) is 2.95. The van der Waals surface area contributed by atoms with E-state index in [4.69, 9.17) is 10.3 Å². The Hall–Kier alpha value is -1.43. The average molecular weight is 308 g/mol. The van der Waals surface area contributed by atoms with Crippen LogP contribution in [0.25, 0.3) is 0 Å². The zero-order chi connectivity index (χ0) is 15.9. The van der Waals surface area contributed by atoms with Gasteiger partial charge in [-0.15, -0.1) is 0 Å². The van der Waals surface area contributed by atoms with Crippen LogP contribution in [0.2, 0.25) is 0 Å². The molecule has 2 rings (SSSR count). The van der Waals surface area contributed by atoms with Crippen molar-refractivity contribution in [2.45, 2.75) is 64.8 Å². The van der Waals surface area contributed by atoms with Crippen molar-refractivity contribution in [3.63, 3.8) is 0 Å². The molecule has 1 aliphatic heterocycles. The van der Waals surface area contributed by atoms with E-state index in [1.54, 1.807) is 0 Å². The van der Waals surface area contributed by atoms with Gasteiger partial charge in [-0.25, -0.2) is 0 Å². The predicted octanol–water partition coefficient (Wildman–Crippen LogP) is 1.93. The Labute approximate surface area is 132 Å². The van der Waals surface area contributed by atoms with Gasteiger partial charge in [-0.05, 0) is 38.5 Å².